The van der Waals surface area contributed by atoms with E-state index in [2.05, 4.69) is 20.8 Å². The predicted molar refractivity (Wildman–Crippen MR) is 60.4 cm³/mol. The summed E-state index contributed by atoms with van der Waals surface area (Å²) in [5, 5.41) is -0.0987. The number of rotatable bonds is 3. The van der Waals surface area contributed by atoms with Gasteiger partial charge in [0.25, 0.3) is 0 Å². The molecule has 2 heteroatoms. The molecule has 0 radical (unpaired) electrons. The van der Waals surface area contributed by atoms with Crippen LogP contribution < -0.4 is 0 Å². The molecule has 1 fully saturated rings. The van der Waals surface area contributed by atoms with Gasteiger partial charge in [0, 0.05) is 5.41 Å². The zero-order valence-electron chi connectivity index (χ0n) is 9.48. The summed E-state index contributed by atoms with van der Waals surface area (Å²) in [4.78, 5) is 11.6. The van der Waals surface area contributed by atoms with Gasteiger partial charge in [0.1, 0.15) is 0 Å². The van der Waals surface area contributed by atoms with Crippen LogP contribution in [0.25, 0.3) is 0 Å². The van der Waals surface area contributed by atoms with Crippen LogP contribution in [0, 0.1) is 17.3 Å². The lowest BCUT2D eigenvalue weighted by atomic mass is 9.64. The van der Waals surface area contributed by atoms with E-state index in [0.29, 0.717) is 11.8 Å². The molecule has 0 N–H and O–H groups in total. The lowest BCUT2D eigenvalue weighted by Gasteiger charge is -2.40. The molecule has 1 aliphatic carbocycles. The number of hydrogen-bond donors (Lipinski definition) is 0. The van der Waals surface area contributed by atoms with E-state index < -0.39 is 0 Å². The summed E-state index contributed by atoms with van der Waals surface area (Å²) in [7, 11) is 0. The van der Waals surface area contributed by atoms with Gasteiger partial charge in [-0.2, -0.15) is 0 Å². The van der Waals surface area contributed by atoms with Crippen LogP contribution >= 0.6 is 11.6 Å². The summed E-state index contributed by atoms with van der Waals surface area (Å²) in [5.41, 5.74) is -0.214. The quantitative estimate of drug-likeness (QED) is 0.652. The minimum Gasteiger partial charge on any atom is -0.281 e. The van der Waals surface area contributed by atoms with Crippen LogP contribution in [0.5, 0.6) is 0 Å². The first kappa shape index (κ1) is 12.0. The molecule has 1 saturated carbocycles. The van der Waals surface area contributed by atoms with Crippen LogP contribution in [0.15, 0.2) is 0 Å². The Morgan fingerprint density at radius 3 is 2.57 bits per heavy atom. The molecular weight excluding hydrogens is 196 g/mol. The Kier molecular flexibility index (Phi) is 4.00. The average molecular weight is 217 g/mol. The zero-order chi connectivity index (χ0) is 10.8. The highest BCUT2D eigenvalue weighted by molar-refractivity contribution is 6.64. The van der Waals surface area contributed by atoms with Crippen molar-refractivity contribution in [3.63, 3.8) is 0 Å². The smallest absolute Gasteiger partial charge is 0.228 e. The van der Waals surface area contributed by atoms with Crippen LogP contribution in [-0.2, 0) is 4.79 Å². The number of hydrogen-bond acceptors (Lipinski definition) is 1. The van der Waals surface area contributed by atoms with Crippen molar-refractivity contribution >= 4 is 16.8 Å². The van der Waals surface area contributed by atoms with Crippen LogP contribution in [0.1, 0.15) is 52.9 Å². The van der Waals surface area contributed by atoms with Crippen molar-refractivity contribution in [2.45, 2.75) is 52.9 Å². The predicted octanol–water partition coefficient (Wildman–Crippen LogP) is 3.99. The molecule has 2 unspecified atom stereocenters. The van der Waals surface area contributed by atoms with Crippen molar-refractivity contribution in [1.82, 2.24) is 0 Å². The Hall–Kier alpha value is -0.0400. The van der Waals surface area contributed by atoms with Crippen LogP contribution in [0.4, 0.5) is 0 Å². The van der Waals surface area contributed by atoms with Gasteiger partial charge >= 0.3 is 0 Å². The molecule has 82 valence electrons. The van der Waals surface area contributed by atoms with E-state index >= 15 is 0 Å². The first-order valence-corrected chi connectivity index (χ1v) is 6.07. The molecule has 1 aliphatic rings. The Bertz CT molecular complexity index is 212. The molecule has 0 aliphatic heterocycles. The average Bonchev–Trinajstić information content (AvgIpc) is 2.08. The van der Waals surface area contributed by atoms with Crippen molar-refractivity contribution in [2.75, 3.05) is 0 Å². The zero-order valence-corrected chi connectivity index (χ0v) is 10.2. The van der Waals surface area contributed by atoms with Gasteiger partial charge in [-0.05, 0) is 42.7 Å². The van der Waals surface area contributed by atoms with Gasteiger partial charge in [-0.1, -0.05) is 33.6 Å². The molecule has 14 heavy (non-hydrogen) atoms. The largest absolute Gasteiger partial charge is 0.281 e. The fraction of sp³-hybridized carbons (Fsp3) is 0.917. The lowest BCUT2D eigenvalue weighted by molar-refractivity contribution is -0.126. The van der Waals surface area contributed by atoms with Gasteiger partial charge in [-0.15, -0.1) is 0 Å². The maximum Gasteiger partial charge on any atom is 0.228 e. The van der Waals surface area contributed by atoms with Gasteiger partial charge in [0.2, 0.25) is 5.24 Å². The van der Waals surface area contributed by atoms with Gasteiger partial charge in [-0.3, -0.25) is 4.79 Å². The summed E-state index contributed by atoms with van der Waals surface area (Å²) in [6.45, 7) is 6.52. The third-order valence-electron chi connectivity index (χ3n) is 3.62. The van der Waals surface area contributed by atoms with Gasteiger partial charge in [0.05, 0.1) is 0 Å². The van der Waals surface area contributed by atoms with Crippen molar-refractivity contribution in [1.29, 1.82) is 0 Å². The number of halogens is 1. The molecule has 0 spiro atoms. The molecule has 1 nitrogen and oxygen atoms in total. The fourth-order valence-corrected chi connectivity index (χ4v) is 3.18. The van der Waals surface area contributed by atoms with Crippen molar-refractivity contribution in [2.24, 2.45) is 17.3 Å². The second kappa shape index (κ2) is 4.65. The van der Waals surface area contributed by atoms with E-state index in [1.807, 2.05) is 0 Å². The monoisotopic (exact) mass is 216 g/mol. The third kappa shape index (κ3) is 2.31. The number of carbonyl (C=O) groups excluding carboxylic acids is 1. The molecule has 0 aromatic heterocycles. The van der Waals surface area contributed by atoms with E-state index in [-0.39, 0.29) is 10.7 Å². The van der Waals surface area contributed by atoms with Crippen LogP contribution in [-0.4, -0.2) is 5.24 Å². The molecule has 0 saturated heterocycles. The molecule has 0 aromatic rings. The van der Waals surface area contributed by atoms with E-state index in [9.17, 15) is 4.79 Å². The molecule has 0 aromatic carbocycles. The summed E-state index contributed by atoms with van der Waals surface area (Å²) < 4.78 is 0. The van der Waals surface area contributed by atoms with Crippen molar-refractivity contribution in [3.05, 3.63) is 0 Å². The first-order chi connectivity index (χ1) is 6.49. The molecule has 0 heterocycles. The highest BCUT2D eigenvalue weighted by atomic mass is 35.5. The van der Waals surface area contributed by atoms with Gasteiger partial charge in [0.15, 0.2) is 0 Å². The maximum atomic E-state index is 11.6. The van der Waals surface area contributed by atoms with E-state index in [4.69, 9.17) is 11.6 Å². The fourth-order valence-electron chi connectivity index (χ4n) is 2.82. The summed E-state index contributed by atoms with van der Waals surface area (Å²) in [5.74, 6) is 1.02. The van der Waals surface area contributed by atoms with Crippen molar-refractivity contribution in [3.8, 4) is 0 Å². The van der Waals surface area contributed by atoms with E-state index in [1.54, 1.807) is 0 Å². The third-order valence-corrected chi connectivity index (χ3v) is 3.99. The van der Waals surface area contributed by atoms with Gasteiger partial charge in [-0.25, -0.2) is 0 Å². The second-order valence-electron chi connectivity index (χ2n) is 5.17. The Balaban J connectivity index is 2.83. The molecule has 0 bridgehead atoms. The van der Waals surface area contributed by atoms with Crippen LogP contribution in [0.3, 0.4) is 0 Å². The Labute approximate surface area is 92.2 Å². The SMILES string of the molecule is CC(C)CC1(C(=O)Cl)CCCCC1C. The Morgan fingerprint density at radius 1 is 1.50 bits per heavy atom. The topological polar surface area (TPSA) is 17.1 Å². The standard InChI is InChI=1S/C12H21ClO/c1-9(2)8-12(11(13)14)7-5-4-6-10(12)3/h9-10H,4-8H2,1-3H3. The highest BCUT2D eigenvalue weighted by Gasteiger charge is 2.43. The van der Waals surface area contributed by atoms with Gasteiger partial charge < -0.3 is 0 Å². The summed E-state index contributed by atoms with van der Waals surface area (Å²) in [6, 6.07) is 0. The molecule has 2 atom stereocenters. The van der Waals surface area contributed by atoms with Crippen molar-refractivity contribution < 1.29 is 4.79 Å². The summed E-state index contributed by atoms with van der Waals surface area (Å²) in [6.07, 6.45) is 5.52. The number of carbonyl (C=O) groups is 1. The summed E-state index contributed by atoms with van der Waals surface area (Å²) >= 11 is 5.81. The van der Waals surface area contributed by atoms with Crippen LogP contribution in [0.2, 0.25) is 0 Å². The minimum atomic E-state index is -0.214. The molecule has 1 rings (SSSR count). The first-order valence-electron chi connectivity index (χ1n) is 5.69. The maximum absolute atomic E-state index is 11.6. The minimum absolute atomic E-state index is 0.0987. The lowest BCUT2D eigenvalue weighted by Crippen LogP contribution is -2.38. The van der Waals surface area contributed by atoms with E-state index in [0.717, 1.165) is 25.7 Å². The highest BCUT2D eigenvalue weighted by Crippen LogP contribution is 2.47. The Morgan fingerprint density at radius 2 is 2.14 bits per heavy atom. The molecule has 0 amide bonds. The second-order valence-corrected chi connectivity index (χ2v) is 5.52. The molecular formula is C12H21ClO. The van der Waals surface area contributed by atoms with E-state index in [1.165, 1.54) is 6.42 Å². The normalized spacial score (nSPS) is 33.4.